The van der Waals surface area contributed by atoms with E-state index in [9.17, 15) is 9.59 Å². The molecule has 0 radical (unpaired) electrons. The zero-order valence-electron chi connectivity index (χ0n) is 17.9. The topological polar surface area (TPSA) is 65.0 Å². The van der Waals surface area contributed by atoms with Crippen molar-refractivity contribution in [1.29, 1.82) is 0 Å². The number of carbonyl (C=O) groups excluding carboxylic acids is 2. The molecule has 0 fully saturated rings. The quantitative estimate of drug-likeness (QED) is 0.247. The van der Waals surface area contributed by atoms with Crippen molar-refractivity contribution in [2.24, 2.45) is 4.99 Å². The highest BCUT2D eigenvalue weighted by molar-refractivity contribution is 9.09. The lowest BCUT2D eigenvalue weighted by atomic mass is 9.86. The van der Waals surface area contributed by atoms with Crippen LogP contribution in [0.3, 0.4) is 0 Å². The van der Waals surface area contributed by atoms with E-state index < -0.39 is 22.7 Å². The zero-order chi connectivity index (χ0) is 23.3. The van der Waals surface area contributed by atoms with E-state index in [1.807, 2.05) is 84.9 Å². The van der Waals surface area contributed by atoms with Crippen LogP contribution in [0.15, 0.2) is 94.8 Å². The Kier molecular flexibility index (Phi) is 7.30. The van der Waals surface area contributed by atoms with E-state index in [0.717, 1.165) is 16.0 Å². The van der Waals surface area contributed by atoms with Gasteiger partial charge in [0.1, 0.15) is 11.9 Å². The van der Waals surface area contributed by atoms with Crippen LogP contribution in [0.25, 0.3) is 0 Å². The predicted octanol–water partition coefficient (Wildman–Crippen LogP) is 5.00. The van der Waals surface area contributed by atoms with Crippen molar-refractivity contribution in [2.45, 2.75) is 15.7 Å². The number of ether oxygens (including phenoxy) is 2. The van der Waals surface area contributed by atoms with Crippen LogP contribution in [-0.4, -0.2) is 41.9 Å². The van der Waals surface area contributed by atoms with Gasteiger partial charge in [0, 0.05) is 26.9 Å². The molecule has 0 unspecified atom stereocenters. The first-order valence-corrected chi connectivity index (χ1v) is 12.4. The van der Waals surface area contributed by atoms with Gasteiger partial charge in [-0.2, -0.15) is 0 Å². The van der Waals surface area contributed by atoms with E-state index in [-0.39, 0.29) is 6.61 Å². The van der Waals surface area contributed by atoms with Gasteiger partial charge in [-0.15, -0.1) is 11.8 Å². The highest BCUT2D eigenvalue weighted by Crippen LogP contribution is 2.52. The van der Waals surface area contributed by atoms with Crippen molar-refractivity contribution >= 4 is 45.3 Å². The lowest BCUT2D eigenvalue weighted by Crippen LogP contribution is -2.47. The molecule has 0 N–H and O–H groups in total. The van der Waals surface area contributed by atoms with Gasteiger partial charge < -0.3 is 9.47 Å². The molecule has 1 aliphatic rings. The van der Waals surface area contributed by atoms with Crippen molar-refractivity contribution in [3.63, 3.8) is 0 Å². The summed E-state index contributed by atoms with van der Waals surface area (Å²) in [5.74, 6) is -1.12. The van der Waals surface area contributed by atoms with Gasteiger partial charge in [-0.1, -0.05) is 94.8 Å². The summed E-state index contributed by atoms with van der Waals surface area (Å²) in [5.41, 5.74) is 1.29. The molecule has 0 saturated heterocycles. The molecule has 0 aliphatic carbocycles. The molecule has 2 atom stereocenters. The molecule has 3 aromatic carbocycles. The van der Waals surface area contributed by atoms with E-state index in [0.29, 0.717) is 16.6 Å². The summed E-state index contributed by atoms with van der Waals surface area (Å²) in [4.78, 5) is 32.6. The number of rotatable bonds is 7. The second-order valence-electron chi connectivity index (χ2n) is 7.30. The molecular weight excluding hydrogens is 502 g/mol. The van der Waals surface area contributed by atoms with Gasteiger partial charge in [-0.25, -0.2) is 4.79 Å². The number of carbonyl (C=O) groups is 2. The summed E-state index contributed by atoms with van der Waals surface area (Å²) in [6.07, 6.45) is 0. The van der Waals surface area contributed by atoms with Gasteiger partial charge in [0.05, 0.1) is 12.8 Å². The van der Waals surface area contributed by atoms with Crippen LogP contribution in [0, 0.1) is 0 Å². The second kappa shape index (κ2) is 10.4. The molecule has 0 bridgehead atoms. The fourth-order valence-corrected chi connectivity index (χ4v) is 5.41. The van der Waals surface area contributed by atoms with Gasteiger partial charge in [-0.05, 0) is 6.07 Å². The summed E-state index contributed by atoms with van der Waals surface area (Å²) < 4.78 is 10.7. The van der Waals surface area contributed by atoms with Crippen molar-refractivity contribution in [2.75, 3.05) is 19.0 Å². The maximum absolute atomic E-state index is 13.7. The molecule has 7 heteroatoms. The molecule has 5 nitrogen and oxygen atoms in total. The maximum atomic E-state index is 13.7. The van der Waals surface area contributed by atoms with Gasteiger partial charge in [0.15, 0.2) is 0 Å². The lowest BCUT2D eigenvalue weighted by Gasteiger charge is -2.29. The minimum atomic E-state index is -1.60. The number of hydrogen-bond acceptors (Lipinski definition) is 6. The summed E-state index contributed by atoms with van der Waals surface area (Å²) in [5, 5.41) is -0.453. The van der Waals surface area contributed by atoms with Crippen LogP contribution >= 0.6 is 27.7 Å². The Bertz CT molecular complexity index is 1130. The summed E-state index contributed by atoms with van der Waals surface area (Å²) >= 11 is 4.58. The minimum absolute atomic E-state index is 0.156. The van der Waals surface area contributed by atoms with Gasteiger partial charge in [0.2, 0.25) is 5.54 Å². The SMILES string of the molecule is COC(=O)[C@@H]1Sc2ccccc2[C@]1(N=C(c1ccccc1)c1ccccc1)C(=O)OCCBr. The van der Waals surface area contributed by atoms with Crippen LogP contribution in [-0.2, 0) is 24.6 Å². The Morgan fingerprint density at radius 3 is 2.09 bits per heavy atom. The number of halogens is 1. The Labute approximate surface area is 205 Å². The standard InChI is InChI=1S/C26H22BrNO4S/c1-31-24(29)23-26(25(30)32-17-16-27,20-14-8-9-15-21(20)33-23)28-22(18-10-4-2-5-11-18)19-12-6-3-7-13-19/h2-15,23H,16-17H2,1H3/t23-,26+/m0/s1. The van der Waals surface area contributed by atoms with Crippen LogP contribution in [0.1, 0.15) is 16.7 Å². The fraction of sp³-hybridized carbons (Fsp3) is 0.192. The fourth-order valence-electron chi connectivity index (χ4n) is 3.85. The predicted molar refractivity (Wildman–Crippen MR) is 133 cm³/mol. The molecule has 1 heterocycles. The number of methoxy groups -OCH3 is 1. The molecule has 33 heavy (non-hydrogen) atoms. The summed E-state index contributed by atoms with van der Waals surface area (Å²) in [7, 11) is 1.32. The Balaban J connectivity index is 2.03. The highest BCUT2D eigenvalue weighted by atomic mass is 79.9. The van der Waals surface area contributed by atoms with Crippen molar-refractivity contribution in [1.82, 2.24) is 0 Å². The van der Waals surface area contributed by atoms with Crippen LogP contribution in [0.2, 0.25) is 0 Å². The van der Waals surface area contributed by atoms with Crippen molar-refractivity contribution < 1.29 is 19.1 Å². The Morgan fingerprint density at radius 1 is 0.939 bits per heavy atom. The van der Waals surface area contributed by atoms with Crippen molar-refractivity contribution in [3.8, 4) is 0 Å². The number of nitrogens with zero attached hydrogens (tertiary/aromatic N) is 1. The van der Waals surface area contributed by atoms with Crippen LogP contribution < -0.4 is 0 Å². The number of thioether (sulfide) groups is 1. The third-order valence-corrected chi connectivity index (χ3v) is 7.04. The zero-order valence-corrected chi connectivity index (χ0v) is 20.3. The number of fused-ring (bicyclic) bond motifs is 1. The molecule has 3 aromatic rings. The first kappa shape index (κ1) is 23.3. The Morgan fingerprint density at radius 2 is 1.52 bits per heavy atom. The minimum Gasteiger partial charge on any atom is -0.468 e. The average Bonchev–Trinajstić information content (AvgIpc) is 3.21. The smallest absolute Gasteiger partial charge is 0.340 e. The van der Waals surface area contributed by atoms with E-state index in [1.54, 1.807) is 0 Å². The van der Waals surface area contributed by atoms with Crippen LogP contribution in [0.5, 0.6) is 0 Å². The van der Waals surface area contributed by atoms with E-state index in [2.05, 4.69) is 15.9 Å². The van der Waals surface area contributed by atoms with Gasteiger partial charge in [0.25, 0.3) is 0 Å². The van der Waals surface area contributed by atoms with E-state index in [4.69, 9.17) is 14.5 Å². The molecule has 4 rings (SSSR count). The normalized spacial score (nSPS) is 18.8. The molecule has 0 aromatic heterocycles. The number of aliphatic imine (C=N–C) groups is 1. The summed E-state index contributed by atoms with van der Waals surface area (Å²) in [6.45, 7) is 0.156. The molecule has 0 saturated carbocycles. The highest BCUT2D eigenvalue weighted by Gasteiger charge is 2.59. The van der Waals surface area contributed by atoms with Gasteiger partial charge >= 0.3 is 11.9 Å². The average molecular weight is 524 g/mol. The van der Waals surface area contributed by atoms with E-state index >= 15 is 0 Å². The molecule has 0 spiro atoms. The number of alkyl halides is 1. The third kappa shape index (κ3) is 4.48. The number of hydrogen-bond donors (Lipinski definition) is 0. The third-order valence-electron chi connectivity index (χ3n) is 5.34. The molecular formula is C26H22BrNO4S. The first-order valence-electron chi connectivity index (χ1n) is 10.4. The summed E-state index contributed by atoms with van der Waals surface area (Å²) in [6, 6.07) is 26.7. The molecule has 0 amide bonds. The number of benzene rings is 3. The van der Waals surface area contributed by atoms with Gasteiger partial charge in [-0.3, -0.25) is 9.79 Å². The first-order chi connectivity index (χ1) is 16.1. The largest absolute Gasteiger partial charge is 0.468 e. The monoisotopic (exact) mass is 523 g/mol. The maximum Gasteiger partial charge on any atom is 0.340 e. The van der Waals surface area contributed by atoms with Crippen LogP contribution in [0.4, 0.5) is 0 Å². The molecule has 1 aliphatic heterocycles. The van der Waals surface area contributed by atoms with E-state index in [1.165, 1.54) is 18.9 Å². The Hall–Kier alpha value is -2.90. The van der Waals surface area contributed by atoms with Crippen molar-refractivity contribution in [3.05, 3.63) is 102 Å². The second-order valence-corrected chi connectivity index (χ2v) is 9.24. The lowest BCUT2D eigenvalue weighted by molar-refractivity contribution is -0.154. The number of esters is 2. The molecule has 168 valence electrons.